The van der Waals surface area contributed by atoms with Crippen molar-refractivity contribution in [3.63, 3.8) is 0 Å². The second kappa shape index (κ2) is 5.79. The van der Waals surface area contributed by atoms with E-state index in [2.05, 4.69) is 4.90 Å². The van der Waals surface area contributed by atoms with Crippen LogP contribution in [0.5, 0.6) is 0 Å². The molecule has 0 aliphatic carbocycles. The van der Waals surface area contributed by atoms with Gasteiger partial charge in [0.05, 0.1) is 11.5 Å². The van der Waals surface area contributed by atoms with Gasteiger partial charge in [-0.2, -0.15) is 0 Å². The zero-order valence-electron chi connectivity index (χ0n) is 9.31. The highest BCUT2D eigenvalue weighted by molar-refractivity contribution is 7.91. The van der Waals surface area contributed by atoms with E-state index >= 15 is 0 Å². The molecule has 0 aromatic heterocycles. The largest absolute Gasteiger partial charge is 0.355 e. The molecule has 90 valence electrons. The van der Waals surface area contributed by atoms with Gasteiger partial charge in [0.1, 0.15) is 0 Å². The predicted octanol–water partition coefficient (Wildman–Crippen LogP) is -0.274. The molecule has 1 fully saturated rings. The van der Waals surface area contributed by atoms with Crippen molar-refractivity contribution in [2.45, 2.75) is 12.7 Å². The van der Waals surface area contributed by atoms with Crippen LogP contribution >= 0.6 is 0 Å². The maximum Gasteiger partial charge on any atom is 0.169 e. The Balaban J connectivity index is 2.44. The second-order valence-electron chi connectivity index (χ2n) is 3.71. The molecule has 0 saturated carbocycles. The first-order valence-corrected chi connectivity index (χ1v) is 6.88. The van der Waals surface area contributed by atoms with Crippen LogP contribution in [0.3, 0.4) is 0 Å². The van der Waals surface area contributed by atoms with Crippen LogP contribution < -0.4 is 0 Å². The number of hydrogen-bond donors (Lipinski definition) is 0. The lowest BCUT2D eigenvalue weighted by Gasteiger charge is -2.23. The number of methoxy groups -OCH3 is 2. The van der Waals surface area contributed by atoms with E-state index < -0.39 is 9.84 Å². The molecule has 1 rings (SSSR count). The van der Waals surface area contributed by atoms with Crippen LogP contribution in [0.4, 0.5) is 0 Å². The van der Waals surface area contributed by atoms with Gasteiger partial charge in [-0.05, 0) is 13.0 Å². The summed E-state index contributed by atoms with van der Waals surface area (Å²) in [6.07, 6.45) is 0.425. The van der Waals surface area contributed by atoms with Crippen molar-refractivity contribution in [2.75, 3.05) is 45.4 Å². The summed E-state index contributed by atoms with van der Waals surface area (Å²) in [5, 5.41) is 0. The molecule has 0 spiro atoms. The first-order chi connectivity index (χ1) is 7.07. The zero-order valence-corrected chi connectivity index (χ0v) is 10.1. The van der Waals surface area contributed by atoms with Crippen molar-refractivity contribution >= 4 is 9.84 Å². The Hall–Kier alpha value is -0.170. The lowest BCUT2D eigenvalue weighted by molar-refractivity contribution is -0.115. The van der Waals surface area contributed by atoms with Crippen LogP contribution in [0.15, 0.2) is 0 Å². The van der Waals surface area contributed by atoms with Gasteiger partial charge in [0.2, 0.25) is 0 Å². The average Bonchev–Trinajstić information content (AvgIpc) is 2.36. The zero-order chi connectivity index (χ0) is 11.3. The first-order valence-electron chi connectivity index (χ1n) is 5.06. The number of hydrogen-bond acceptors (Lipinski definition) is 5. The van der Waals surface area contributed by atoms with Gasteiger partial charge in [-0.1, -0.05) is 0 Å². The van der Waals surface area contributed by atoms with Crippen molar-refractivity contribution in [1.82, 2.24) is 4.90 Å². The minimum atomic E-state index is -2.82. The SMILES string of the molecule is COC(CN1CCCS(=O)(=O)CC1)OC. The molecule has 0 bridgehead atoms. The predicted molar refractivity (Wildman–Crippen MR) is 57.5 cm³/mol. The third-order valence-electron chi connectivity index (χ3n) is 2.58. The van der Waals surface area contributed by atoms with E-state index in [9.17, 15) is 8.42 Å². The number of rotatable bonds is 4. The van der Waals surface area contributed by atoms with Crippen LogP contribution in [0, 0.1) is 0 Å². The van der Waals surface area contributed by atoms with Gasteiger partial charge in [-0.3, -0.25) is 4.90 Å². The Morgan fingerprint density at radius 1 is 1.20 bits per heavy atom. The molecule has 0 unspecified atom stereocenters. The Kier molecular flexibility index (Phi) is 4.98. The van der Waals surface area contributed by atoms with Crippen LogP contribution in [-0.2, 0) is 19.3 Å². The van der Waals surface area contributed by atoms with Gasteiger partial charge in [0, 0.05) is 27.3 Å². The number of nitrogens with zero attached hydrogens (tertiary/aromatic N) is 1. The first kappa shape index (κ1) is 12.9. The smallest absolute Gasteiger partial charge is 0.169 e. The molecule has 0 amide bonds. The van der Waals surface area contributed by atoms with E-state index in [1.807, 2.05) is 0 Å². The molecule has 1 aliphatic rings. The summed E-state index contributed by atoms with van der Waals surface area (Å²) in [7, 11) is 0.347. The molecule has 6 heteroatoms. The van der Waals surface area contributed by atoms with Gasteiger partial charge < -0.3 is 9.47 Å². The van der Waals surface area contributed by atoms with Crippen molar-refractivity contribution in [3.8, 4) is 0 Å². The fourth-order valence-electron chi connectivity index (χ4n) is 1.63. The minimum absolute atomic E-state index is 0.243. The molecule has 0 aromatic carbocycles. The van der Waals surface area contributed by atoms with Crippen LogP contribution in [0.2, 0.25) is 0 Å². The molecule has 15 heavy (non-hydrogen) atoms. The molecule has 1 aliphatic heterocycles. The topological polar surface area (TPSA) is 55.8 Å². The molecule has 0 atom stereocenters. The molecular weight excluding hydrogens is 218 g/mol. The Bertz CT molecular complexity index is 274. The molecule has 0 radical (unpaired) electrons. The molecule has 0 N–H and O–H groups in total. The lowest BCUT2D eigenvalue weighted by Crippen LogP contribution is -2.36. The van der Waals surface area contributed by atoms with E-state index in [-0.39, 0.29) is 12.0 Å². The van der Waals surface area contributed by atoms with Crippen LogP contribution in [-0.4, -0.2) is 65.0 Å². The molecule has 5 nitrogen and oxygen atoms in total. The standard InChI is InChI=1S/C9H19NO4S/c1-13-9(14-2)8-10-4-3-6-15(11,12)7-5-10/h9H,3-8H2,1-2H3. The minimum Gasteiger partial charge on any atom is -0.355 e. The van der Waals surface area contributed by atoms with Crippen LogP contribution in [0.25, 0.3) is 0 Å². The van der Waals surface area contributed by atoms with E-state index in [1.165, 1.54) is 0 Å². The fourth-order valence-corrected chi connectivity index (χ4v) is 2.94. The summed E-state index contributed by atoms with van der Waals surface area (Å²) in [5.41, 5.74) is 0. The Labute approximate surface area is 91.3 Å². The quantitative estimate of drug-likeness (QED) is 0.630. The van der Waals surface area contributed by atoms with E-state index in [1.54, 1.807) is 14.2 Å². The van der Waals surface area contributed by atoms with Crippen molar-refractivity contribution in [1.29, 1.82) is 0 Å². The van der Waals surface area contributed by atoms with E-state index in [0.717, 1.165) is 6.54 Å². The Morgan fingerprint density at radius 3 is 2.47 bits per heavy atom. The monoisotopic (exact) mass is 237 g/mol. The van der Waals surface area contributed by atoms with E-state index in [4.69, 9.17) is 9.47 Å². The average molecular weight is 237 g/mol. The second-order valence-corrected chi connectivity index (χ2v) is 6.01. The van der Waals surface area contributed by atoms with Gasteiger partial charge >= 0.3 is 0 Å². The third kappa shape index (κ3) is 4.46. The summed E-state index contributed by atoms with van der Waals surface area (Å²) in [5.74, 6) is 0.543. The maximum atomic E-state index is 11.4. The normalized spacial score (nSPS) is 22.9. The fraction of sp³-hybridized carbons (Fsp3) is 1.00. The Morgan fingerprint density at radius 2 is 1.87 bits per heavy atom. The molecule has 1 saturated heterocycles. The summed E-state index contributed by atoms with van der Waals surface area (Å²) < 4.78 is 32.9. The van der Waals surface area contributed by atoms with Crippen molar-refractivity contribution < 1.29 is 17.9 Å². The summed E-state index contributed by atoms with van der Waals surface area (Å²) >= 11 is 0. The van der Waals surface area contributed by atoms with Gasteiger partial charge in [-0.25, -0.2) is 8.42 Å². The summed E-state index contributed by atoms with van der Waals surface area (Å²) in [6.45, 7) is 2.00. The van der Waals surface area contributed by atoms with Crippen molar-refractivity contribution in [2.24, 2.45) is 0 Å². The summed E-state index contributed by atoms with van der Waals surface area (Å²) in [6, 6.07) is 0. The van der Waals surface area contributed by atoms with Gasteiger partial charge in [0.25, 0.3) is 0 Å². The highest BCUT2D eigenvalue weighted by Crippen LogP contribution is 2.06. The maximum absolute atomic E-state index is 11.4. The van der Waals surface area contributed by atoms with E-state index in [0.29, 0.717) is 25.3 Å². The summed E-state index contributed by atoms with van der Waals surface area (Å²) in [4.78, 5) is 2.07. The molecular formula is C9H19NO4S. The highest BCUT2D eigenvalue weighted by atomic mass is 32.2. The lowest BCUT2D eigenvalue weighted by atomic mass is 10.4. The van der Waals surface area contributed by atoms with Gasteiger partial charge in [0.15, 0.2) is 16.1 Å². The number of ether oxygens (including phenoxy) is 2. The molecule has 0 aromatic rings. The third-order valence-corrected chi connectivity index (χ3v) is 4.30. The molecule has 1 heterocycles. The van der Waals surface area contributed by atoms with Crippen LogP contribution in [0.1, 0.15) is 6.42 Å². The van der Waals surface area contributed by atoms with Gasteiger partial charge in [-0.15, -0.1) is 0 Å². The highest BCUT2D eigenvalue weighted by Gasteiger charge is 2.21. The number of sulfone groups is 1. The van der Waals surface area contributed by atoms with Crippen molar-refractivity contribution in [3.05, 3.63) is 0 Å².